The Balaban J connectivity index is 1.97. The van der Waals surface area contributed by atoms with Gasteiger partial charge in [-0.2, -0.15) is 0 Å². The lowest BCUT2D eigenvalue weighted by molar-refractivity contribution is 0.211. The maximum absolute atomic E-state index is 5.03. The van der Waals surface area contributed by atoms with Gasteiger partial charge in [0.2, 0.25) is 0 Å². The van der Waals surface area contributed by atoms with Gasteiger partial charge in [0.05, 0.1) is 12.3 Å². The molecule has 96 valence electrons. The van der Waals surface area contributed by atoms with Crippen LogP contribution in [0, 0.1) is 11.8 Å². The van der Waals surface area contributed by atoms with E-state index in [2.05, 4.69) is 24.1 Å². The number of nitrogens with zero attached hydrogens (tertiary/aromatic N) is 1. The van der Waals surface area contributed by atoms with Crippen molar-refractivity contribution in [3.05, 3.63) is 10.6 Å². The fraction of sp³-hybridized carbons (Fsp3) is 0.769. The van der Waals surface area contributed by atoms with Gasteiger partial charge in [-0.1, -0.05) is 13.8 Å². The number of hydrogen-bond acceptors (Lipinski definition) is 4. The summed E-state index contributed by atoms with van der Waals surface area (Å²) in [7, 11) is 1.72. The topological polar surface area (TPSA) is 34.1 Å². The Hall–Kier alpha value is -0.610. The Morgan fingerprint density at radius 1 is 1.53 bits per heavy atom. The van der Waals surface area contributed by atoms with Crippen molar-refractivity contribution in [2.75, 3.05) is 25.6 Å². The van der Waals surface area contributed by atoms with Gasteiger partial charge in [-0.05, 0) is 31.1 Å². The second-order valence-corrected chi connectivity index (χ2v) is 6.14. The molecule has 4 heteroatoms. The normalized spacial score (nSPS) is 19.4. The van der Waals surface area contributed by atoms with Gasteiger partial charge in [-0.15, -0.1) is 11.3 Å². The second-order valence-electron chi connectivity index (χ2n) is 5.06. The molecule has 0 spiro atoms. The summed E-state index contributed by atoms with van der Waals surface area (Å²) in [5, 5.41) is 4.40. The molecule has 1 N–H and O–H groups in total. The number of ether oxygens (including phenoxy) is 1. The summed E-state index contributed by atoms with van der Waals surface area (Å²) in [6, 6.07) is 0. The number of nitrogens with one attached hydrogen (secondary N) is 1. The molecular formula is C13H22N2OS. The predicted octanol–water partition coefficient (Wildman–Crippen LogP) is 2.96. The van der Waals surface area contributed by atoms with Crippen LogP contribution in [0.3, 0.4) is 0 Å². The van der Waals surface area contributed by atoms with Crippen LogP contribution in [0.2, 0.25) is 0 Å². The number of methoxy groups -OCH3 is 1. The maximum atomic E-state index is 5.03. The number of aromatic nitrogens is 1. The van der Waals surface area contributed by atoms with E-state index in [4.69, 9.17) is 4.74 Å². The van der Waals surface area contributed by atoms with Crippen LogP contribution < -0.4 is 5.32 Å². The van der Waals surface area contributed by atoms with Crippen LogP contribution in [0.1, 0.15) is 30.8 Å². The van der Waals surface area contributed by atoms with Crippen LogP contribution in [0.4, 0.5) is 5.13 Å². The van der Waals surface area contributed by atoms with Gasteiger partial charge in [0.25, 0.3) is 0 Å². The summed E-state index contributed by atoms with van der Waals surface area (Å²) in [5.74, 6) is 1.63. The number of rotatable bonds is 5. The summed E-state index contributed by atoms with van der Waals surface area (Å²) in [6.45, 7) is 6.23. The third kappa shape index (κ3) is 3.19. The van der Waals surface area contributed by atoms with Gasteiger partial charge in [0, 0.05) is 18.5 Å². The zero-order valence-electron chi connectivity index (χ0n) is 11.0. The zero-order valence-corrected chi connectivity index (χ0v) is 11.8. The Bertz CT molecular complexity index is 362. The largest absolute Gasteiger partial charge is 0.383 e. The molecule has 3 nitrogen and oxygen atoms in total. The van der Waals surface area contributed by atoms with E-state index in [-0.39, 0.29) is 0 Å². The molecule has 1 atom stereocenters. The summed E-state index contributed by atoms with van der Waals surface area (Å²) < 4.78 is 5.03. The van der Waals surface area contributed by atoms with E-state index in [1.54, 1.807) is 7.11 Å². The first-order valence-electron chi connectivity index (χ1n) is 6.42. The van der Waals surface area contributed by atoms with Crippen molar-refractivity contribution in [1.82, 2.24) is 4.98 Å². The van der Waals surface area contributed by atoms with Crippen molar-refractivity contribution < 1.29 is 4.74 Å². The molecule has 1 heterocycles. The Morgan fingerprint density at radius 2 is 2.35 bits per heavy atom. The Kier molecular flexibility index (Phi) is 4.40. The van der Waals surface area contributed by atoms with Crippen LogP contribution in [-0.2, 0) is 17.6 Å². The van der Waals surface area contributed by atoms with E-state index < -0.39 is 0 Å². The smallest absolute Gasteiger partial charge is 0.183 e. The molecule has 0 amide bonds. The molecule has 2 rings (SSSR count). The first-order valence-corrected chi connectivity index (χ1v) is 7.23. The van der Waals surface area contributed by atoms with Crippen LogP contribution in [0.15, 0.2) is 0 Å². The number of thiazole rings is 1. The molecule has 0 fully saturated rings. The van der Waals surface area contributed by atoms with Crippen molar-refractivity contribution in [2.45, 2.75) is 33.1 Å². The molecule has 0 radical (unpaired) electrons. The lowest BCUT2D eigenvalue weighted by atomic mass is 9.83. The highest BCUT2D eigenvalue weighted by Gasteiger charge is 2.24. The highest BCUT2D eigenvalue weighted by molar-refractivity contribution is 7.15. The van der Waals surface area contributed by atoms with Crippen LogP contribution in [-0.4, -0.2) is 25.2 Å². The molecule has 0 aromatic carbocycles. The van der Waals surface area contributed by atoms with Crippen molar-refractivity contribution in [1.29, 1.82) is 0 Å². The average Bonchev–Trinajstić information content (AvgIpc) is 2.70. The third-order valence-electron chi connectivity index (χ3n) is 3.50. The van der Waals surface area contributed by atoms with Gasteiger partial charge >= 0.3 is 0 Å². The second kappa shape index (κ2) is 5.83. The first kappa shape index (κ1) is 12.8. The van der Waals surface area contributed by atoms with Gasteiger partial charge < -0.3 is 10.1 Å². The zero-order chi connectivity index (χ0) is 12.3. The van der Waals surface area contributed by atoms with Gasteiger partial charge in [-0.3, -0.25) is 0 Å². The minimum Gasteiger partial charge on any atom is -0.383 e. The summed E-state index contributed by atoms with van der Waals surface area (Å²) >= 11 is 1.83. The molecular weight excluding hydrogens is 232 g/mol. The van der Waals surface area contributed by atoms with Crippen LogP contribution in [0.5, 0.6) is 0 Å². The average molecular weight is 254 g/mol. The molecule has 1 unspecified atom stereocenters. The molecule has 0 saturated heterocycles. The minimum absolute atomic E-state index is 0.735. The monoisotopic (exact) mass is 254 g/mol. The molecule has 1 aromatic heterocycles. The van der Waals surface area contributed by atoms with Gasteiger partial charge in [0.15, 0.2) is 5.13 Å². The summed E-state index contributed by atoms with van der Waals surface area (Å²) in [6.07, 6.45) is 3.67. The third-order valence-corrected chi connectivity index (χ3v) is 4.58. The minimum atomic E-state index is 0.735. The van der Waals surface area contributed by atoms with E-state index in [0.29, 0.717) is 0 Å². The van der Waals surface area contributed by atoms with Crippen molar-refractivity contribution >= 4 is 16.5 Å². The standard InChI is InChI=1S/C13H22N2OS/c1-9(2)10-4-5-11-12(8-10)17-13(15-11)14-6-7-16-3/h9-10H,4-8H2,1-3H3,(H,14,15). The molecule has 17 heavy (non-hydrogen) atoms. The first-order chi connectivity index (χ1) is 8.20. The molecule has 1 aliphatic rings. The van der Waals surface area contributed by atoms with Gasteiger partial charge in [0.1, 0.15) is 0 Å². The number of hydrogen-bond donors (Lipinski definition) is 1. The number of fused-ring (bicyclic) bond motifs is 1. The Labute approximate surface area is 108 Å². The number of anilines is 1. The van der Waals surface area contributed by atoms with Crippen LogP contribution >= 0.6 is 11.3 Å². The summed E-state index contributed by atoms with van der Waals surface area (Å²) in [5.41, 5.74) is 1.33. The molecule has 0 aliphatic heterocycles. The van der Waals surface area contributed by atoms with Crippen LogP contribution in [0.25, 0.3) is 0 Å². The van der Waals surface area contributed by atoms with E-state index >= 15 is 0 Å². The lowest BCUT2D eigenvalue weighted by Gasteiger charge is -2.24. The van der Waals surface area contributed by atoms with E-state index in [1.807, 2.05) is 11.3 Å². The lowest BCUT2D eigenvalue weighted by Crippen LogP contribution is -2.17. The maximum Gasteiger partial charge on any atom is 0.183 e. The highest BCUT2D eigenvalue weighted by atomic mass is 32.1. The van der Waals surface area contributed by atoms with Crippen molar-refractivity contribution in [2.24, 2.45) is 11.8 Å². The molecule has 0 bridgehead atoms. The molecule has 1 aliphatic carbocycles. The fourth-order valence-corrected chi connectivity index (χ4v) is 3.43. The molecule has 1 aromatic rings. The van der Waals surface area contributed by atoms with E-state index in [1.165, 1.54) is 23.4 Å². The van der Waals surface area contributed by atoms with E-state index in [0.717, 1.165) is 36.5 Å². The van der Waals surface area contributed by atoms with Crippen molar-refractivity contribution in [3.8, 4) is 0 Å². The molecule has 0 saturated carbocycles. The summed E-state index contributed by atoms with van der Waals surface area (Å²) in [4.78, 5) is 6.16. The number of aryl methyl sites for hydroxylation is 1. The van der Waals surface area contributed by atoms with Gasteiger partial charge in [-0.25, -0.2) is 4.98 Å². The quantitative estimate of drug-likeness (QED) is 0.820. The fourth-order valence-electron chi connectivity index (χ4n) is 2.31. The highest BCUT2D eigenvalue weighted by Crippen LogP contribution is 2.34. The van der Waals surface area contributed by atoms with E-state index in [9.17, 15) is 0 Å². The van der Waals surface area contributed by atoms with Crippen molar-refractivity contribution in [3.63, 3.8) is 0 Å². The Morgan fingerprint density at radius 3 is 3.06 bits per heavy atom. The SMILES string of the molecule is COCCNc1nc2c(s1)CC(C(C)C)CC2. The predicted molar refractivity (Wildman–Crippen MR) is 72.8 cm³/mol.